The second-order valence-electron chi connectivity index (χ2n) is 4.13. The monoisotopic (exact) mass is 216 g/mol. The van der Waals surface area contributed by atoms with Crippen molar-refractivity contribution >= 4 is 0 Å². The van der Waals surface area contributed by atoms with Crippen molar-refractivity contribution in [3.63, 3.8) is 0 Å². The van der Waals surface area contributed by atoms with Gasteiger partial charge in [-0.1, -0.05) is 18.1 Å². The Morgan fingerprint density at radius 1 is 1.44 bits per heavy atom. The van der Waals surface area contributed by atoms with E-state index in [1.807, 2.05) is 24.3 Å². The molecule has 1 fully saturated rings. The third kappa shape index (κ3) is 2.44. The summed E-state index contributed by atoms with van der Waals surface area (Å²) in [6, 6.07) is 7.89. The summed E-state index contributed by atoms with van der Waals surface area (Å²) in [6.07, 6.45) is 8.48. The maximum atomic E-state index is 9.10. The largest absolute Gasteiger partial charge is 0.394 e. The van der Waals surface area contributed by atoms with Crippen molar-refractivity contribution in [3.05, 3.63) is 35.4 Å². The molecular formula is C14H16O2. The van der Waals surface area contributed by atoms with Crippen LogP contribution >= 0.6 is 0 Å². The highest BCUT2D eigenvalue weighted by Crippen LogP contribution is 2.31. The van der Waals surface area contributed by atoms with E-state index >= 15 is 0 Å². The molecular weight excluding hydrogens is 200 g/mol. The highest BCUT2D eigenvalue weighted by Gasteiger charge is 2.22. The molecule has 2 atom stereocenters. The van der Waals surface area contributed by atoms with Gasteiger partial charge in [-0.05, 0) is 37.0 Å². The van der Waals surface area contributed by atoms with E-state index in [-0.39, 0.29) is 18.8 Å². The Labute approximate surface area is 96.3 Å². The predicted octanol–water partition coefficient (Wildman–Crippen LogP) is 2.27. The Morgan fingerprint density at radius 3 is 3.06 bits per heavy atom. The van der Waals surface area contributed by atoms with Gasteiger partial charge in [0.1, 0.15) is 0 Å². The summed E-state index contributed by atoms with van der Waals surface area (Å²) < 4.78 is 5.80. The van der Waals surface area contributed by atoms with Gasteiger partial charge in [-0.2, -0.15) is 0 Å². The van der Waals surface area contributed by atoms with E-state index in [2.05, 4.69) is 5.92 Å². The molecule has 0 radical (unpaired) electrons. The van der Waals surface area contributed by atoms with Gasteiger partial charge < -0.3 is 9.84 Å². The molecule has 2 rings (SSSR count). The molecule has 2 unspecified atom stereocenters. The second kappa shape index (κ2) is 5.16. The van der Waals surface area contributed by atoms with Crippen molar-refractivity contribution < 1.29 is 9.84 Å². The zero-order valence-electron chi connectivity index (χ0n) is 9.23. The smallest absolute Gasteiger partial charge is 0.0830 e. The maximum Gasteiger partial charge on any atom is 0.0830 e. The molecule has 1 aromatic rings. The Balaban J connectivity index is 2.14. The topological polar surface area (TPSA) is 29.5 Å². The number of aliphatic hydroxyl groups is 1. The fourth-order valence-electron chi connectivity index (χ4n) is 2.11. The lowest BCUT2D eigenvalue weighted by Gasteiger charge is -2.29. The average molecular weight is 216 g/mol. The molecule has 2 nitrogen and oxygen atoms in total. The lowest BCUT2D eigenvalue weighted by molar-refractivity contribution is -0.0737. The number of hydrogen-bond donors (Lipinski definition) is 1. The molecule has 0 amide bonds. The lowest BCUT2D eigenvalue weighted by Crippen LogP contribution is -2.25. The first-order valence-corrected chi connectivity index (χ1v) is 5.66. The first-order chi connectivity index (χ1) is 7.83. The molecule has 1 aliphatic rings. The predicted molar refractivity (Wildman–Crippen MR) is 62.9 cm³/mol. The average Bonchev–Trinajstić information content (AvgIpc) is 2.39. The van der Waals surface area contributed by atoms with Crippen LogP contribution in [0.2, 0.25) is 0 Å². The molecule has 84 valence electrons. The van der Waals surface area contributed by atoms with Gasteiger partial charge >= 0.3 is 0 Å². The van der Waals surface area contributed by atoms with Crippen molar-refractivity contribution in [2.45, 2.75) is 31.5 Å². The van der Waals surface area contributed by atoms with Crippen LogP contribution in [0.5, 0.6) is 0 Å². The zero-order chi connectivity index (χ0) is 11.4. The van der Waals surface area contributed by atoms with E-state index in [1.54, 1.807) is 0 Å². The number of benzene rings is 1. The van der Waals surface area contributed by atoms with Crippen LogP contribution in [0.25, 0.3) is 0 Å². The number of hydrogen-bond acceptors (Lipinski definition) is 2. The highest BCUT2D eigenvalue weighted by atomic mass is 16.5. The molecule has 0 spiro atoms. The molecule has 1 aromatic carbocycles. The van der Waals surface area contributed by atoms with Gasteiger partial charge in [0.25, 0.3) is 0 Å². The van der Waals surface area contributed by atoms with E-state index < -0.39 is 0 Å². The van der Waals surface area contributed by atoms with Crippen LogP contribution in [0.1, 0.15) is 36.5 Å². The summed E-state index contributed by atoms with van der Waals surface area (Å²) in [5.41, 5.74) is 2.00. The number of ether oxygens (including phenoxy) is 1. The zero-order valence-corrected chi connectivity index (χ0v) is 9.23. The second-order valence-corrected chi connectivity index (χ2v) is 4.13. The van der Waals surface area contributed by atoms with Crippen molar-refractivity contribution in [3.8, 4) is 12.3 Å². The molecule has 0 bridgehead atoms. The molecule has 1 saturated heterocycles. The fraction of sp³-hybridized carbons (Fsp3) is 0.429. The molecule has 0 saturated carbocycles. The van der Waals surface area contributed by atoms with Gasteiger partial charge in [-0.25, -0.2) is 0 Å². The van der Waals surface area contributed by atoms with Crippen LogP contribution in [0.4, 0.5) is 0 Å². The standard InChI is InChI=1S/C14H16O2/c1-2-11-5-3-6-12(9-11)14-8-4-7-13(10-15)16-14/h1,3,5-6,9,13-15H,4,7-8,10H2. The Hall–Kier alpha value is -1.30. The summed E-state index contributed by atoms with van der Waals surface area (Å²) >= 11 is 0. The van der Waals surface area contributed by atoms with Crippen molar-refractivity contribution in [1.29, 1.82) is 0 Å². The van der Waals surface area contributed by atoms with Crippen LogP contribution in [0, 0.1) is 12.3 Å². The summed E-state index contributed by atoms with van der Waals surface area (Å²) in [5, 5.41) is 9.10. The molecule has 1 aliphatic heterocycles. The van der Waals surface area contributed by atoms with Gasteiger partial charge in [-0.15, -0.1) is 6.42 Å². The Kier molecular flexibility index (Phi) is 3.61. The SMILES string of the molecule is C#Cc1cccc(C2CCCC(CO)O2)c1. The normalized spacial score (nSPS) is 25.0. The molecule has 1 N–H and O–H groups in total. The van der Waals surface area contributed by atoms with E-state index in [9.17, 15) is 0 Å². The van der Waals surface area contributed by atoms with Crippen LogP contribution in [0.15, 0.2) is 24.3 Å². The van der Waals surface area contributed by atoms with Crippen LogP contribution in [0.3, 0.4) is 0 Å². The van der Waals surface area contributed by atoms with Crippen LogP contribution < -0.4 is 0 Å². The first-order valence-electron chi connectivity index (χ1n) is 5.66. The van der Waals surface area contributed by atoms with Gasteiger partial charge in [0, 0.05) is 5.56 Å². The fourth-order valence-corrected chi connectivity index (χ4v) is 2.11. The minimum absolute atomic E-state index is 0.0201. The molecule has 0 aromatic heterocycles. The molecule has 0 aliphatic carbocycles. The highest BCUT2D eigenvalue weighted by molar-refractivity contribution is 5.36. The number of terminal acetylenes is 1. The molecule has 16 heavy (non-hydrogen) atoms. The minimum atomic E-state index is -0.0201. The van der Waals surface area contributed by atoms with Gasteiger partial charge in [-0.3, -0.25) is 0 Å². The third-order valence-corrected chi connectivity index (χ3v) is 2.98. The lowest BCUT2D eigenvalue weighted by atomic mass is 9.97. The summed E-state index contributed by atoms with van der Waals surface area (Å²) in [6.45, 7) is 0.103. The Bertz CT molecular complexity index is 392. The van der Waals surface area contributed by atoms with Crippen molar-refractivity contribution in [2.75, 3.05) is 6.61 Å². The van der Waals surface area contributed by atoms with Crippen LogP contribution in [-0.4, -0.2) is 17.8 Å². The maximum absolute atomic E-state index is 9.10. The van der Waals surface area contributed by atoms with E-state index in [0.717, 1.165) is 30.4 Å². The summed E-state index contributed by atoms with van der Waals surface area (Å²) in [7, 11) is 0. The van der Waals surface area contributed by atoms with Gasteiger partial charge in [0.15, 0.2) is 0 Å². The number of aliphatic hydroxyl groups excluding tert-OH is 1. The quantitative estimate of drug-likeness (QED) is 0.768. The summed E-state index contributed by atoms with van der Waals surface area (Å²) in [5.74, 6) is 2.63. The molecule has 1 heterocycles. The van der Waals surface area contributed by atoms with Crippen LogP contribution in [-0.2, 0) is 4.74 Å². The first kappa shape index (κ1) is 11.2. The Morgan fingerprint density at radius 2 is 2.31 bits per heavy atom. The van der Waals surface area contributed by atoms with E-state index in [0.29, 0.717) is 0 Å². The summed E-state index contributed by atoms with van der Waals surface area (Å²) in [4.78, 5) is 0. The molecule has 2 heteroatoms. The minimum Gasteiger partial charge on any atom is -0.394 e. The van der Waals surface area contributed by atoms with Crippen molar-refractivity contribution in [1.82, 2.24) is 0 Å². The van der Waals surface area contributed by atoms with E-state index in [4.69, 9.17) is 16.3 Å². The third-order valence-electron chi connectivity index (χ3n) is 2.98. The van der Waals surface area contributed by atoms with Gasteiger partial charge in [0.2, 0.25) is 0 Å². The van der Waals surface area contributed by atoms with Gasteiger partial charge in [0.05, 0.1) is 18.8 Å². The van der Waals surface area contributed by atoms with E-state index in [1.165, 1.54) is 0 Å². The van der Waals surface area contributed by atoms with Crippen molar-refractivity contribution in [2.24, 2.45) is 0 Å². The number of rotatable bonds is 2.